The second-order valence-corrected chi connectivity index (χ2v) is 7.87. The van der Waals surface area contributed by atoms with Crippen LogP contribution >= 0.6 is 0 Å². The second kappa shape index (κ2) is 11.0. The van der Waals surface area contributed by atoms with Crippen molar-refractivity contribution in [3.63, 3.8) is 0 Å². The van der Waals surface area contributed by atoms with E-state index >= 15 is 0 Å². The number of unbranched alkanes of at least 4 members (excludes halogenated alkanes) is 1. The van der Waals surface area contributed by atoms with Gasteiger partial charge < -0.3 is 23.8 Å². The van der Waals surface area contributed by atoms with E-state index in [1.807, 2.05) is 12.1 Å². The molecule has 0 bridgehead atoms. The summed E-state index contributed by atoms with van der Waals surface area (Å²) in [5, 5.41) is 4.54. The molecular formula is C28H31NO4. The van der Waals surface area contributed by atoms with E-state index in [2.05, 4.69) is 72.5 Å². The number of methoxy groups -OCH3 is 2. The SMILES string of the molecule is CCCCN(c1c(OCOC)ccc2ccccc12)c1c(OCOC)ccc2ccccc12. The number of hydrogen-bond acceptors (Lipinski definition) is 5. The van der Waals surface area contributed by atoms with Crippen LogP contribution in [-0.4, -0.2) is 34.4 Å². The first-order valence-electron chi connectivity index (χ1n) is 11.3. The van der Waals surface area contributed by atoms with Crippen molar-refractivity contribution in [2.45, 2.75) is 19.8 Å². The summed E-state index contributed by atoms with van der Waals surface area (Å²) in [5.74, 6) is 1.55. The smallest absolute Gasteiger partial charge is 0.188 e. The van der Waals surface area contributed by atoms with Gasteiger partial charge >= 0.3 is 0 Å². The van der Waals surface area contributed by atoms with Gasteiger partial charge in [0.05, 0.1) is 11.4 Å². The first kappa shape index (κ1) is 22.9. The van der Waals surface area contributed by atoms with Gasteiger partial charge in [-0.15, -0.1) is 0 Å². The molecule has 4 aromatic carbocycles. The van der Waals surface area contributed by atoms with Gasteiger partial charge in [0.1, 0.15) is 11.5 Å². The molecule has 5 nitrogen and oxygen atoms in total. The summed E-state index contributed by atoms with van der Waals surface area (Å²) >= 11 is 0. The highest BCUT2D eigenvalue weighted by atomic mass is 16.7. The molecule has 4 rings (SSSR count). The predicted molar refractivity (Wildman–Crippen MR) is 135 cm³/mol. The van der Waals surface area contributed by atoms with E-state index in [4.69, 9.17) is 18.9 Å². The van der Waals surface area contributed by atoms with E-state index in [1.165, 1.54) is 0 Å². The van der Waals surface area contributed by atoms with Crippen molar-refractivity contribution in [3.8, 4) is 11.5 Å². The Bertz CT molecular complexity index is 1120. The molecule has 0 aliphatic heterocycles. The number of anilines is 2. The Morgan fingerprint density at radius 2 is 1.12 bits per heavy atom. The van der Waals surface area contributed by atoms with Crippen LogP contribution in [0, 0.1) is 0 Å². The Hall–Kier alpha value is -3.28. The van der Waals surface area contributed by atoms with Crippen LogP contribution in [0.1, 0.15) is 19.8 Å². The molecule has 0 aromatic heterocycles. The Morgan fingerprint density at radius 1 is 0.636 bits per heavy atom. The molecule has 0 saturated carbocycles. The largest absolute Gasteiger partial charge is 0.465 e. The van der Waals surface area contributed by atoms with Crippen molar-refractivity contribution in [2.75, 3.05) is 39.3 Å². The molecule has 0 aliphatic carbocycles. The summed E-state index contributed by atoms with van der Waals surface area (Å²) < 4.78 is 22.7. The minimum atomic E-state index is 0.176. The zero-order valence-electron chi connectivity index (χ0n) is 19.5. The van der Waals surface area contributed by atoms with Crippen LogP contribution in [0.5, 0.6) is 11.5 Å². The van der Waals surface area contributed by atoms with Crippen molar-refractivity contribution in [1.29, 1.82) is 0 Å². The quantitative estimate of drug-likeness (QED) is 0.235. The van der Waals surface area contributed by atoms with E-state index in [0.29, 0.717) is 0 Å². The van der Waals surface area contributed by atoms with E-state index in [1.54, 1.807) is 14.2 Å². The fourth-order valence-electron chi connectivity index (χ4n) is 4.16. The predicted octanol–water partition coefficient (Wildman–Crippen LogP) is 6.90. The molecule has 0 aliphatic rings. The van der Waals surface area contributed by atoms with Gasteiger partial charge in [0, 0.05) is 31.5 Å². The lowest BCUT2D eigenvalue weighted by Gasteiger charge is -2.31. The summed E-state index contributed by atoms with van der Waals surface area (Å²) in [6, 6.07) is 25.0. The molecule has 33 heavy (non-hydrogen) atoms. The number of nitrogens with zero attached hydrogens (tertiary/aromatic N) is 1. The fourth-order valence-corrected chi connectivity index (χ4v) is 4.16. The lowest BCUT2D eigenvalue weighted by atomic mass is 10.0. The average Bonchev–Trinajstić information content (AvgIpc) is 2.87. The van der Waals surface area contributed by atoms with Crippen LogP contribution in [0.4, 0.5) is 11.4 Å². The molecule has 4 aromatic rings. The first-order chi connectivity index (χ1) is 16.3. The van der Waals surface area contributed by atoms with E-state index in [0.717, 1.165) is 63.8 Å². The third-order valence-corrected chi connectivity index (χ3v) is 5.67. The maximum atomic E-state index is 6.08. The molecule has 0 atom stereocenters. The second-order valence-electron chi connectivity index (χ2n) is 7.87. The lowest BCUT2D eigenvalue weighted by Crippen LogP contribution is -2.21. The van der Waals surface area contributed by atoms with Gasteiger partial charge in [-0.3, -0.25) is 0 Å². The topological polar surface area (TPSA) is 40.2 Å². The highest BCUT2D eigenvalue weighted by molar-refractivity contribution is 6.05. The van der Waals surface area contributed by atoms with Gasteiger partial charge in [-0.1, -0.05) is 74.0 Å². The zero-order valence-corrected chi connectivity index (χ0v) is 19.5. The molecule has 0 saturated heterocycles. The van der Waals surface area contributed by atoms with Crippen LogP contribution in [0.25, 0.3) is 21.5 Å². The monoisotopic (exact) mass is 445 g/mol. The third-order valence-electron chi connectivity index (χ3n) is 5.67. The number of benzene rings is 4. The number of ether oxygens (including phenoxy) is 4. The van der Waals surface area contributed by atoms with E-state index in [9.17, 15) is 0 Å². The van der Waals surface area contributed by atoms with Crippen molar-refractivity contribution in [2.24, 2.45) is 0 Å². The molecule has 0 radical (unpaired) electrons. The van der Waals surface area contributed by atoms with Crippen molar-refractivity contribution < 1.29 is 18.9 Å². The molecule has 0 spiro atoms. The third kappa shape index (κ3) is 4.90. The normalized spacial score (nSPS) is 11.1. The van der Waals surface area contributed by atoms with Crippen molar-refractivity contribution in [3.05, 3.63) is 72.8 Å². The van der Waals surface area contributed by atoms with Gasteiger partial charge in [-0.05, 0) is 29.3 Å². The zero-order chi connectivity index (χ0) is 23.0. The van der Waals surface area contributed by atoms with Crippen molar-refractivity contribution in [1.82, 2.24) is 0 Å². The Kier molecular flexibility index (Phi) is 7.66. The Balaban J connectivity index is 2.01. The number of fused-ring (bicyclic) bond motifs is 2. The minimum Gasteiger partial charge on any atom is -0.465 e. The summed E-state index contributed by atoms with van der Waals surface area (Å²) in [4.78, 5) is 2.34. The molecule has 0 heterocycles. The van der Waals surface area contributed by atoms with Crippen LogP contribution in [0.3, 0.4) is 0 Å². The van der Waals surface area contributed by atoms with Crippen LogP contribution in [-0.2, 0) is 9.47 Å². The highest BCUT2D eigenvalue weighted by Gasteiger charge is 2.23. The summed E-state index contributed by atoms with van der Waals surface area (Å²) in [5.41, 5.74) is 2.02. The average molecular weight is 446 g/mol. The van der Waals surface area contributed by atoms with Gasteiger partial charge in [-0.25, -0.2) is 0 Å². The Morgan fingerprint density at radius 3 is 1.58 bits per heavy atom. The van der Waals surface area contributed by atoms with Gasteiger partial charge in [-0.2, -0.15) is 0 Å². The van der Waals surface area contributed by atoms with E-state index in [-0.39, 0.29) is 13.6 Å². The minimum absolute atomic E-state index is 0.176. The summed E-state index contributed by atoms with van der Waals surface area (Å²) in [6.07, 6.45) is 2.08. The molecular weight excluding hydrogens is 414 g/mol. The fraction of sp³-hybridized carbons (Fsp3) is 0.286. The Labute approximate surface area is 195 Å². The molecule has 0 fully saturated rings. The first-order valence-corrected chi connectivity index (χ1v) is 11.3. The van der Waals surface area contributed by atoms with Crippen LogP contribution in [0.15, 0.2) is 72.8 Å². The molecule has 172 valence electrons. The summed E-state index contributed by atoms with van der Waals surface area (Å²) in [6.45, 7) is 3.37. The standard InChI is InChI=1S/C28H31NO4/c1-4-5-18-29(27-23-12-8-6-10-21(23)14-16-25(27)32-19-30-2)28-24-13-9-7-11-22(24)15-17-26(28)33-20-31-3/h6-17H,4-5,18-20H2,1-3H3. The molecule has 0 N–H and O–H groups in total. The highest BCUT2D eigenvalue weighted by Crippen LogP contribution is 2.46. The van der Waals surface area contributed by atoms with Crippen LogP contribution < -0.4 is 14.4 Å². The van der Waals surface area contributed by atoms with Gasteiger partial charge in [0.25, 0.3) is 0 Å². The molecule has 5 heteroatoms. The summed E-state index contributed by atoms with van der Waals surface area (Å²) in [7, 11) is 3.27. The molecule has 0 amide bonds. The maximum Gasteiger partial charge on any atom is 0.188 e. The van der Waals surface area contributed by atoms with Crippen molar-refractivity contribution >= 4 is 32.9 Å². The number of hydrogen-bond donors (Lipinski definition) is 0. The van der Waals surface area contributed by atoms with Gasteiger partial charge in [0.2, 0.25) is 0 Å². The molecule has 0 unspecified atom stereocenters. The van der Waals surface area contributed by atoms with Crippen LogP contribution in [0.2, 0.25) is 0 Å². The van der Waals surface area contributed by atoms with Gasteiger partial charge in [0.15, 0.2) is 13.6 Å². The lowest BCUT2D eigenvalue weighted by molar-refractivity contribution is 0.0511. The van der Waals surface area contributed by atoms with E-state index < -0.39 is 0 Å². The maximum absolute atomic E-state index is 6.08. The number of rotatable bonds is 11.